The Morgan fingerprint density at radius 3 is 2.38 bits per heavy atom. The van der Waals surface area contributed by atoms with E-state index in [0.717, 1.165) is 30.4 Å². The predicted octanol–water partition coefficient (Wildman–Crippen LogP) is 3.12. The summed E-state index contributed by atoms with van der Waals surface area (Å²) in [5.41, 5.74) is 2.12. The highest BCUT2D eigenvalue weighted by atomic mass is 16.5. The molecular weight excluding hydrogens is 266 g/mol. The predicted molar refractivity (Wildman–Crippen MR) is 82.7 cm³/mol. The summed E-state index contributed by atoms with van der Waals surface area (Å²) < 4.78 is 4.94. The summed E-state index contributed by atoms with van der Waals surface area (Å²) in [6, 6.07) is 7.79. The van der Waals surface area contributed by atoms with Crippen molar-refractivity contribution in [2.75, 3.05) is 6.61 Å². The molecule has 1 aromatic carbocycles. The van der Waals surface area contributed by atoms with E-state index < -0.39 is 11.9 Å². The van der Waals surface area contributed by atoms with Crippen molar-refractivity contribution >= 4 is 11.9 Å². The van der Waals surface area contributed by atoms with Gasteiger partial charge in [-0.2, -0.15) is 0 Å². The fourth-order valence-electron chi connectivity index (χ4n) is 1.90. The van der Waals surface area contributed by atoms with Gasteiger partial charge in [-0.05, 0) is 18.9 Å². The van der Waals surface area contributed by atoms with E-state index in [0.29, 0.717) is 13.2 Å². The van der Waals surface area contributed by atoms with E-state index in [-0.39, 0.29) is 0 Å². The standard InChI is InChI=1S/C17H25NO3/c1-3-4-5-6-7-12-21-17(20)16(19)18-13-15-10-8-14(2)9-11-15/h8-11H,3-7,12-13H2,1-2H3,(H,18,19). The Hall–Kier alpha value is -1.84. The first-order valence-corrected chi connectivity index (χ1v) is 7.64. The number of ether oxygens (including phenoxy) is 1. The number of hydrogen-bond acceptors (Lipinski definition) is 3. The van der Waals surface area contributed by atoms with Crippen LogP contribution < -0.4 is 5.32 Å². The number of carbonyl (C=O) groups is 2. The van der Waals surface area contributed by atoms with Crippen molar-refractivity contribution in [1.29, 1.82) is 0 Å². The zero-order chi connectivity index (χ0) is 15.5. The van der Waals surface area contributed by atoms with E-state index in [1.807, 2.05) is 31.2 Å². The molecule has 21 heavy (non-hydrogen) atoms. The molecule has 0 radical (unpaired) electrons. The molecule has 116 valence electrons. The number of aryl methyl sites for hydroxylation is 1. The maximum atomic E-state index is 11.6. The minimum Gasteiger partial charge on any atom is -0.459 e. The van der Waals surface area contributed by atoms with Gasteiger partial charge in [-0.1, -0.05) is 62.4 Å². The molecule has 4 heteroatoms. The molecule has 0 saturated heterocycles. The number of hydrogen-bond donors (Lipinski definition) is 1. The Labute approximate surface area is 126 Å². The van der Waals surface area contributed by atoms with Gasteiger partial charge in [-0.25, -0.2) is 4.79 Å². The smallest absolute Gasteiger partial charge is 0.396 e. The zero-order valence-corrected chi connectivity index (χ0v) is 13.0. The van der Waals surface area contributed by atoms with Crippen LogP contribution in [0.2, 0.25) is 0 Å². The van der Waals surface area contributed by atoms with Gasteiger partial charge >= 0.3 is 11.9 Å². The molecular formula is C17H25NO3. The van der Waals surface area contributed by atoms with Gasteiger partial charge in [-0.3, -0.25) is 4.79 Å². The quantitative estimate of drug-likeness (QED) is 0.455. The second kappa shape index (κ2) is 9.97. The van der Waals surface area contributed by atoms with Gasteiger partial charge in [0.1, 0.15) is 0 Å². The molecule has 0 spiro atoms. The zero-order valence-electron chi connectivity index (χ0n) is 13.0. The summed E-state index contributed by atoms with van der Waals surface area (Å²) in [4.78, 5) is 23.0. The third kappa shape index (κ3) is 7.49. The molecule has 0 bridgehead atoms. The number of benzene rings is 1. The average Bonchev–Trinajstić information content (AvgIpc) is 2.49. The molecule has 0 aliphatic rings. The summed E-state index contributed by atoms with van der Waals surface area (Å²) in [6.07, 6.45) is 5.38. The molecule has 0 aromatic heterocycles. The second-order valence-electron chi connectivity index (χ2n) is 5.22. The van der Waals surface area contributed by atoms with Crippen molar-refractivity contribution in [2.24, 2.45) is 0 Å². The van der Waals surface area contributed by atoms with Gasteiger partial charge in [0.25, 0.3) is 0 Å². The largest absolute Gasteiger partial charge is 0.459 e. The van der Waals surface area contributed by atoms with Crippen molar-refractivity contribution in [3.63, 3.8) is 0 Å². The van der Waals surface area contributed by atoms with Crippen LogP contribution >= 0.6 is 0 Å². The first kappa shape index (κ1) is 17.2. The van der Waals surface area contributed by atoms with Crippen LogP contribution in [-0.2, 0) is 20.9 Å². The average molecular weight is 291 g/mol. The third-order valence-corrected chi connectivity index (χ3v) is 3.24. The lowest BCUT2D eigenvalue weighted by Crippen LogP contribution is -2.32. The van der Waals surface area contributed by atoms with Crippen molar-refractivity contribution in [2.45, 2.75) is 52.5 Å². The molecule has 0 aliphatic carbocycles. The van der Waals surface area contributed by atoms with Crippen LogP contribution in [0.3, 0.4) is 0 Å². The molecule has 0 aliphatic heterocycles. The highest BCUT2D eigenvalue weighted by Crippen LogP contribution is 2.03. The number of unbranched alkanes of at least 4 members (excludes halogenated alkanes) is 4. The van der Waals surface area contributed by atoms with Gasteiger partial charge in [-0.15, -0.1) is 0 Å². The van der Waals surface area contributed by atoms with Crippen molar-refractivity contribution in [1.82, 2.24) is 5.32 Å². The second-order valence-corrected chi connectivity index (χ2v) is 5.22. The summed E-state index contributed by atoms with van der Waals surface area (Å²) in [5.74, 6) is -1.47. The van der Waals surface area contributed by atoms with Gasteiger partial charge < -0.3 is 10.1 Å². The highest BCUT2D eigenvalue weighted by Gasteiger charge is 2.14. The normalized spacial score (nSPS) is 10.2. The number of nitrogens with one attached hydrogen (secondary N) is 1. The lowest BCUT2D eigenvalue weighted by atomic mass is 10.1. The molecule has 1 rings (SSSR count). The summed E-state index contributed by atoms with van der Waals surface area (Å²) in [7, 11) is 0. The Morgan fingerprint density at radius 2 is 1.71 bits per heavy atom. The van der Waals surface area contributed by atoms with E-state index in [1.54, 1.807) is 0 Å². The van der Waals surface area contributed by atoms with Gasteiger partial charge in [0.15, 0.2) is 0 Å². The maximum Gasteiger partial charge on any atom is 0.396 e. The van der Waals surface area contributed by atoms with Crippen LogP contribution in [0.4, 0.5) is 0 Å². The number of rotatable bonds is 8. The van der Waals surface area contributed by atoms with Gasteiger partial charge in [0, 0.05) is 6.54 Å². The van der Waals surface area contributed by atoms with E-state index >= 15 is 0 Å². The Kier molecular flexibility index (Phi) is 8.17. The molecule has 1 N–H and O–H groups in total. The topological polar surface area (TPSA) is 55.4 Å². The minimum absolute atomic E-state index is 0.320. The fraction of sp³-hybridized carbons (Fsp3) is 0.529. The molecule has 0 atom stereocenters. The molecule has 1 aromatic rings. The van der Waals surface area contributed by atoms with Crippen LogP contribution in [0, 0.1) is 6.92 Å². The fourth-order valence-corrected chi connectivity index (χ4v) is 1.90. The lowest BCUT2D eigenvalue weighted by Gasteiger charge is -2.06. The van der Waals surface area contributed by atoms with Crippen LogP contribution in [0.1, 0.15) is 50.2 Å². The minimum atomic E-state index is -0.794. The van der Waals surface area contributed by atoms with Crippen LogP contribution in [-0.4, -0.2) is 18.5 Å². The summed E-state index contributed by atoms with van der Waals surface area (Å²) >= 11 is 0. The number of amides is 1. The molecule has 0 unspecified atom stereocenters. The molecule has 4 nitrogen and oxygen atoms in total. The van der Waals surface area contributed by atoms with Crippen molar-refractivity contribution in [3.05, 3.63) is 35.4 Å². The first-order chi connectivity index (χ1) is 10.1. The third-order valence-electron chi connectivity index (χ3n) is 3.24. The SMILES string of the molecule is CCCCCCCOC(=O)C(=O)NCc1ccc(C)cc1. The van der Waals surface area contributed by atoms with Crippen LogP contribution in [0.5, 0.6) is 0 Å². The van der Waals surface area contributed by atoms with Crippen molar-refractivity contribution in [3.8, 4) is 0 Å². The molecule has 0 heterocycles. The van der Waals surface area contributed by atoms with Crippen molar-refractivity contribution < 1.29 is 14.3 Å². The van der Waals surface area contributed by atoms with E-state index in [9.17, 15) is 9.59 Å². The number of esters is 1. The Bertz CT molecular complexity index is 440. The Morgan fingerprint density at radius 1 is 1.05 bits per heavy atom. The maximum absolute atomic E-state index is 11.6. The van der Waals surface area contributed by atoms with E-state index in [1.165, 1.54) is 12.8 Å². The molecule has 0 saturated carbocycles. The molecule has 1 amide bonds. The summed E-state index contributed by atoms with van der Waals surface area (Å²) in [5, 5.41) is 2.57. The Balaban J connectivity index is 2.16. The van der Waals surface area contributed by atoms with Crippen LogP contribution in [0.15, 0.2) is 24.3 Å². The first-order valence-electron chi connectivity index (χ1n) is 7.64. The van der Waals surface area contributed by atoms with Gasteiger partial charge in [0.05, 0.1) is 6.61 Å². The lowest BCUT2D eigenvalue weighted by molar-refractivity contribution is -0.155. The monoisotopic (exact) mass is 291 g/mol. The molecule has 0 fully saturated rings. The summed E-state index contributed by atoms with van der Waals surface area (Å²) in [6.45, 7) is 4.81. The highest BCUT2D eigenvalue weighted by molar-refractivity contribution is 6.32. The van der Waals surface area contributed by atoms with Crippen LogP contribution in [0.25, 0.3) is 0 Å². The van der Waals surface area contributed by atoms with Gasteiger partial charge in [0.2, 0.25) is 0 Å². The van der Waals surface area contributed by atoms with E-state index in [4.69, 9.17) is 4.74 Å². The number of carbonyl (C=O) groups excluding carboxylic acids is 2. The van der Waals surface area contributed by atoms with E-state index in [2.05, 4.69) is 12.2 Å².